The molecule has 2 nitrogen and oxygen atoms in total. The molecule has 0 N–H and O–H groups in total. The minimum absolute atomic E-state index is 0.0986. The number of carbonyl (C=O) groups excluding carboxylic acids is 1. The Morgan fingerprint density at radius 1 is 1.56 bits per heavy atom. The molecule has 0 aromatic heterocycles. The lowest BCUT2D eigenvalue weighted by Gasteiger charge is -2.16. The van der Waals surface area contributed by atoms with Gasteiger partial charge in [-0.25, -0.2) is 4.39 Å². The molecular formula is C13H14BrClFNO. The monoisotopic (exact) mass is 333 g/mol. The van der Waals surface area contributed by atoms with E-state index >= 15 is 0 Å². The average molecular weight is 335 g/mol. The highest BCUT2D eigenvalue weighted by Crippen LogP contribution is 2.23. The van der Waals surface area contributed by atoms with E-state index in [1.807, 2.05) is 0 Å². The number of alkyl halides is 1. The van der Waals surface area contributed by atoms with Gasteiger partial charge in [-0.3, -0.25) is 4.79 Å². The van der Waals surface area contributed by atoms with Gasteiger partial charge in [0.25, 0.3) is 5.91 Å². The third-order valence-corrected chi connectivity index (χ3v) is 4.12. The molecule has 5 heteroatoms. The smallest absolute Gasteiger partial charge is 0.253 e. The van der Waals surface area contributed by atoms with Gasteiger partial charge in [0.05, 0.1) is 4.47 Å². The van der Waals surface area contributed by atoms with Gasteiger partial charge in [0, 0.05) is 24.5 Å². The summed E-state index contributed by atoms with van der Waals surface area (Å²) in [5, 5.41) is 0. The van der Waals surface area contributed by atoms with Gasteiger partial charge < -0.3 is 4.90 Å². The number of halogens is 3. The van der Waals surface area contributed by atoms with E-state index in [9.17, 15) is 9.18 Å². The van der Waals surface area contributed by atoms with E-state index in [2.05, 4.69) is 15.9 Å². The fraction of sp³-hybridized carbons (Fsp3) is 0.462. The summed E-state index contributed by atoms with van der Waals surface area (Å²) in [7, 11) is 0. The van der Waals surface area contributed by atoms with Crippen LogP contribution < -0.4 is 0 Å². The lowest BCUT2D eigenvalue weighted by molar-refractivity contribution is 0.0786. The number of hydrogen-bond acceptors (Lipinski definition) is 1. The molecule has 1 aromatic carbocycles. The minimum Gasteiger partial charge on any atom is -0.338 e. The summed E-state index contributed by atoms with van der Waals surface area (Å²) in [6, 6.07) is 4.49. The molecule has 1 saturated heterocycles. The molecule has 1 unspecified atom stereocenters. The SMILES string of the molecule is O=C(c1ccc(Br)c(F)c1)N1CCC(CCCl)C1. The Morgan fingerprint density at radius 3 is 3.00 bits per heavy atom. The van der Waals surface area contributed by atoms with Crippen LogP contribution in [0.15, 0.2) is 22.7 Å². The van der Waals surface area contributed by atoms with Gasteiger partial charge in [-0.2, -0.15) is 0 Å². The number of carbonyl (C=O) groups is 1. The first kappa shape index (κ1) is 13.8. The second kappa shape index (κ2) is 6.02. The Kier molecular flexibility index (Phi) is 4.62. The number of rotatable bonds is 3. The average Bonchev–Trinajstić information content (AvgIpc) is 2.81. The van der Waals surface area contributed by atoms with Gasteiger partial charge in [-0.15, -0.1) is 11.6 Å². The zero-order chi connectivity index (χ0) is 13.1. The largest absolute Gasteiger partial charge is 0.338 e. The highest BCUT2D eigenvalue weighted by Gasteiger charge is 2.26. The quantitative estimate of drug-likeness (QED) is 0.772. The summed E-state index contributed by atoms with van der Waals surface area (Å²) in [4.78, 5) is 13.9. The van der Waals surface area contributed by atoms with E-state index in [0.717, 1.165) is 25.9 Å². The standard InChI is InChI=1S/C13H14BrClFNO/c14-11-2-1-10(7-12(11)16)13(18)17-6-4-9(8-17)3-5-15/h1-2,7,9H,3-6,8H2. The van der Waals surface area contributed by atoms with Crippen molar-refractivity contribution in [2.75, 3.05) is 19.0 Å². The van der Waals surface area contributed by atoms with Crippen LogP contribution in [0.3, 0.4) is 0 Å². The van der Waals surface area contributed by atoms with Gasteiger partial charge >= 0.3 is 0 Å². The molecule has 1 aromatic rings. The molecule has 1 aliphatic rings. The zero-order valence-corrected chi connectivity index (χ0v) is 12.2. The third kappa shape index (κ3) is 3.04. The fourth-order valence-corrected chi connectivity index (χ4v) is 2.77. The topological polar surface area (TPSA) is 20.3 Å². The molecule has 0 spiro atoms. The number of amides is 1. The van der Waals surface area contributed by atoms with Crippen molar-refractivity contribution in [1.29, 1.82) is 0 Å². The maximum absolute atomic E-state index is 13.4. The predicted molar refractivity (Wildman–Crippen MR) is 73.4 cm³/mol. The molecule has 0 bridgehead atoms. The van der Waals surface area contributed by atoms with E-state index in [1.54, 1.807) is 17.0 Å². The summed E-state index contributed by atoms with van der Waals surface area (Å²) in [5.74, 6) is 0.599. The molecule has 0 aliphatic carbocycles. The fourth-order valence-electron chi connectivity index (χ4n) is 2.22. The molecule has 98 valence electrons. The maximum Gasteiger partial charge on any atom is 0.253 e. The van der Waals surface area contributed by atoms with Crippen molar-refractivity contribution in [2.45, 2.75) is 12.8 Å². The first-order chi connectivity index (χ1) is 8.61. The van der Waals surface area contributed by atoms with Crippen LogP contribution in [0, 0.1) is 11.7 Å². The van der Waals surface area contributed by atoms with Crippen LogP contribution in [0.5, 0.6) is 0 Å². The summed E-state index contributed by atoms with van der Waals surface area (Å²) in [6.07, 6.45) is 1.91. The van der Waals surface area contributed by atoms with E-state index in [-0.39, 0.29) is 5.91 Å². The molecule has 0 saturated carbocycles. The molecule has 1 aliphatic heterocycles. The molecule has 1 atom stereocenters. The van der Waals surface area contributed by atoms with Gasteiger partial charge in [0.15, 0.2) is 0 Å². The number of likely N-dealkylation sites (tertiary alicyclic amines) is 1. The normalized spacial score (nSPS) is 19.3. The number of nitrogens with zero attached hydrogens (tertiary/aromatic N) is 1. The van der Waals surface area contributed by atoms with E-state index in [4.69, 9.17) is 11.6 Å². The summed E-state index contributed by atoms with van der Waals surface area (Å²) in [6.45, 7) is 1.46. The molecule has 18 heavy (non-hydrogen) atoms. The second-order valence-corrected chi connectivity index (χ2v) is 5.74. The van der Waals surface area contributed by atoms with Crippen LogP contribution >= 0.6 is 27.5 Å². The number of hydrogen-bond donors (Lipinski definition) is 0. The van der Waals surface area contributed by atoms with Crippen LogP contribution in [0.4, 0.5) is 4.39 Å². The van der Waals surface area contributed by atoms with Gasteiger partial charge in [0.2, 0.25) is 0 Å². The Bertz CT molecular complexity index is 455. The number of benzene rings is 1. The lowest BCUT2D eigenvalue weighted by Crippen LogP contribution is -2.28. The Morgan fingerprint density at radius 2 is 2.33 bits per heavy atom. The molecule has 2 rings (SSSR count). The molecule has 1 heterocycles. The van der Waals surface area contributed by atoms with Crippen molar-refractivity contribution in [2.24, 2.45) is 5.92 Å². The van der Waals surface area contributed by atoms with Gasteiger partial charge in [0.1, 0.15) is 5.82 Å². The molecule has 1 amide bonds. The Hall–Kier alpha value is -0.610. The molecule has 0 radical (unpaired) electrons. The minimum atomic E-state index is -0.405. The highest BCUT2D eigenvalue weighted by atomic mass is 79.9. The van der Waals surface area contributed by atoms with Gasteiger partial charge in [-0.05, 0) is 52.9 Å². The maximum atomic E-state index is 13.4. The summed E-state index contributed by atoms with van der Waals surface area (Å²) < 4.78 is 13.8. The van der Waals surface area contributed by atoms with Crippen molar-refractivity contribution in [3.8, 4) is 0 Å². The van der Waals surface area contributed by atoms with Crippen molar-refractivity contribution in [3.05, 3.63) is 34.1 Å². The van der Waals surface area contributed by atoms with Crippen molar-refractivity contribution in [3.63, 3.8) is 0 Å². The van der Waals surface area contributed by atoms with Gasteiger partial charge in [-0.1, -0.05) is 0 Å². The van der Waals surface area contributed by atoms with Crippen molar-refractivity contribution < 1.29 is 9.18 Å². The van der Waals surface area contributed by atoms with E-state index in [0.29, 0.717) is 21.8 Å². The summed E-state index contributed by atoms with van der Waals surface area (Å²) >= 11 is 8.78. The first-order valence-corrected chi connectivity index (χ1v) is 7.25. The van der Waals surface area contributed by atoms with Crippen molar-refractivity contribution in [1.82, 2.24) is 4.90 Å². The van der Waals surface area contributed by atoms with Crippen LogP contribution in [-0.4, -0.2) is 29.8 Å². The highest BCUT2D eigenvalue weighted by molar-refractivity contribution is 9.10. The van der Waals surface area contributed by atoms with Crippen molar-refractivity contribution >= 4 is 33.4 Å². The second-order valence-electron chi connectivity index (χ2n) is 4.51. The Labute approximate surface area is 119 Å². The van der Waals surface area contributed by atoms with Crippen LogP contribution in [0.1, 0.15) is 23.2 Å². The Balaban J connectivity index is 2.05. The van der Waals surface area contributed by atoms with Crippen LogP contribution in [0.25, 0.3) is 0 Å². The van der Waals surface area contributed by atoms with Crippen LogP contribution in [-0.2, 0) is 0 Å². The lowest BCUT2D eigenvalue weighted by atomic mass is 10.1. The van der Waals surface area contributed by atoms with E-state index < -0.39 is 5.82 Å². The zero-order valence-electron chi connectivity index (χ0n) is 9.83. The molecule has 1 fully saturated rings. The van der Waals surface area contributed by atoms with Crippen LogP contribution in [0.2, 0.25) is 0 Å². The van der Waals surface area contributed by atoms with E-state index in [1.165, 1.54) is 6.07 Å². The molecular weight excluding hydrogens is 321 g/mol. The first-order valence-electron chi connectivity index (χ1n) is 5.92. The third-order valence-electron chi connectivity index (χ3n) is 3.26. The summed E-state index contributed by atoms with van der Waals surface area (Å²) in [5.41, 5.74) is 0.405. The predicted octanol–water partition coefficient (Wildman–Crippen LogP) is 3.68.